The highest BCUT2D eigenvalue weighted by molar-refractivity contribution is 5.38. The molecule has 0 bridgehead atoms. The summed E-state index contributed by atoms with van der Waals surface area (Å²) in [5, 5.41) is 9.07. The summed E-state index contributed by atoms with van der Waals surface area (Å²) in [6.07, 6.45) is 0. The van der Waals surface area contributed by atoms with Crippen molar-refractivity contribution in [2.45, 2.75) is 6.61 Å². The van der Waals surface area contributed by atoms with E-state index in [9.17, 15) is 8.78 Å². The van der Waals surface area contributed by atoms with Gasteiger partial charge in [0.05, 0.1) is 6.61 Å². The minimum Gasteiger partial charge on any atom is -0.454 e. The highest BCUT2D eigenvalue weighted by Crippen LogP contribution is 2.27. The molecule has 88 valence electrons. The first-order valence-corrected chi connectivity index (χ1v) is 5.02. The maximum absolute atomic E-state index is 13.3. The van der Waals surface area contributed by atoms with Crippen LogP contribution in [0, 0.1) is 11.6 Å². The molecule has 2 nitrogen and oxygen atoms in total. The van der Waals surface area contributed by atoms with Crippen molar-refractivity contribution < 1.29 is 18.6 Å². The van der Waals surface area contributed by atoms with Crippen LogP contribution in [0.25, 0.3) is 0 Å². The first-order valence-electron chi connectivity index (χ1n) is 5.02. The van der Waals surface area contributed by atoms with Crippen molar-refractivity contribution in [3.63, 3.8) is 0 Å². The summed E-state index contributed by atoms with van der Waals surface area (Å²) in [5.74, 6) is -1.13. The SMILES string of the molecule is OCc1ccccc1Oc1cc(F)ccc1F. The normalized spacial score (nSPS) is 10.3. The summed E-state index contributed by atoms with van der Waals surface area (Å²) in [4.78, 5) is 0. The number of hydrogen-bond donors (Lipinski definition) is 1. The van der Waals surface area contributed by atoms with E-state index in [1.165, 1.54) is 0 Å². The Balaban J connectivity index is 2.34. The summed E-state index contributed by atoms with van der Waals surface area (Å²) in [6.45, 7) is -0.229. The first-order chi connectivity index (χ1) is 8.20. The molecular weight excluding hydrogens is 226 g/mol. The quantitative estimate of drug-likeness (QED) is 0.886. The van der Waals surface area contributed by atoms with Crippen LogP contribution in [0.2, 0.25) is 0 Å². The number of ether oxygens (including phenoxy) is 1. The van der Waals surface area contributed by atoms with Gasteiger partial charge in [0, 0.05) is 11.6 Å². The van der Waals surface area contributed by atoms with Crippen LogP contribution < -0.4 is 4.74 Å². The van der Waals surface area contributed by atoms with Gasteiger partial charge in [0.25, 0.3) is 0 Å². The van der Waals surface area contributed by atoms with Gasteiger partial charge in [0.2, 0.25) is 0 Å². The molecule has 1 N–H and O–H groups in total. The van der Waals surface area contributed by atoms with E-state index in [0.717, 1.165) is 18.2 Å². The Kier molecular flexibility index (Phi) is 3.35. The number of hydrogen-bond acceptors (Lipinski definition) is 2. The number of aliphatic hydroxyl groups is 1. The van der Waals surface area contributed by atoms with Crippen LogP contribution in [0.1, 0.15) is 5.56 Å². The maximum Gasteiger partial charge on any atom is 0.165 e. The Bertz CT molecular complexity index is 527. The summed E-state index contributed by atoms with van der Waals surface area (Å²) in [6, 6.07) is 9.60. The third-order valence-corrected chi connectivity index (χ3v) is 2.26. The standard InChI is InChI=1S/C13H10F2O2/c14-10-5-6-11(15)13(7-10)17-12-4-2-1-3-9(12)8-16/h1-7,16H,8H2. The molecule has 0 aliphatic heterocycles. The minimum absolute atomic E-state index is 0.203. The van der Waals surface area contributed by atoms with Gasteiger partial charge in [0.1, 0.15) is 11.6 Å². The van der Waals surface area contributed by atoms with Crippen molar-refractivity contribution >= 4 is 0 Å². The molecule has 0 atom stereocenters. The zero-order valence-corrected chi connectivity index (χ0v) is 8.86. The fourth-order valence-corrected chi connectivity index (χ4v) is 1.41. The molecule has 0 radical (unpaired) electrons. The predicted molar refractivity (Wildman–Crippen MR) is 58.8 cm³/mol. The lowest BCUT2D eigenvalue weighted by Crippen LogP contribution is -1.94. The van der Waals surface area contributed by atoms with E-state index in [0.29, 0.717) is 11.3 Å². The number of aliphatic hydroxyl groups excluding tert-OH is 1. The van der Waals surface area contributed by atoms with E-state index in [1.807, 2.05) is 0 Å². The number of halogens is 2. The van der Waals surface area contributed by atoms with E-state index >= 15 is 0 Å². The highest BCUT2D eigenvalue weighted by Gasteiger charge is 2.08. The third kappa shape index (κ3) is 2.60. The zero-order chi connectivity index (χ0) is 12.3. The van der Waals surface area contributed by atoms with Crippen molar-refractivity contribution in [2.75, 3.05) is 0 Å². The Morgan fingerprint density at radius 3 is 2.53 bits per heavy atom. The molecule has 0 saturated carbocycles. The lowest BCUT2D eigenvalue weighted by atomic mass is 10.2. The van der Waals surface area contributed by atoms with Gasteiger partial charge in [-0.1, -0.05) is 18.2 Å². The molecule has 0 heterocycles. The monoisotopic (exact) mass is 236 g/mol. The van der Waals surface area contributed by atoms with E-state index in [1.54, 1.807) is 24.3 Å². The van der Waals surface area contributed by atoms with E-state index < -0.39 is 11.6 Å². The Hall–Kier alpha value is -1.94. The molecular formula is C13H10F2O2. The number of para-hydroxylation sites is 1. The van der Waals surface area contributed by atoms with Gasteiger partial charge >= 0.3 is 0 Å². The summed E-state index contributed by atoms with van der Waals surface area (Å²) in [5.41, 5.74) is 0.510. The third-order valence-electron chi connectivity index (χ3n) is 2.26. The topological polar surface area (TPSA) is 29.5 Å². The summed E-state index contributed by atoms with van der Waals surface area (Å²) in [7, 11) is 0. The van der Waals surface area contributed by atoms with Gasteiger partial charge in [0.15, 0.2) is 11.6 Å². The maximum atomic E-state index is 13.3. The summed E-state index contributed by atoms with van der Waals surface area (Å²) >= 11 is 0. The molecule has 4 heteroatoms. The van der Waals surface area contributed by atoms with Crippen molar-refractivity contribution in [1.82, 2.24) is 0 Å². The average molecular weight is 236 g/mol. The fourth-order valence-electron chi connectivity index (χ4n) is 1.41. The highest BCUT2D eigenvalue weighted by atomic mass is 19.1. The van der Waals surface area contributed by atoms with E-state index in [-0.39, 0.29) is 12.4 Å². The first kappa shape index (κ1) is 11.5. The lowest BCUT2D eigenvalue weighted by molar-refractivity contribution is 0.276. The Morgan fingerprint density at radius 2 is 1.76 bits per heavy atom. The van der Waals surface area contributed by atoms with Crippen LogP contribution in [-0.4, -0.2) is 5.11 Å². The van der Waals surface area contributed by atoms with Gasteiger partial charge in [-0.05, 0) is 18.2 Å². The van der Waals surface area contributed by atoms with Crippen molar-refractivity contribution in [2.24, 2.45) is 0 Å². The second-order valence-electron chi connectivity index (χ2n) is 3.44. The van der Waals surface area contributed by atoms with Gasteiger partial charge < -0.3 is 9.84 Å². The molecule has 17 heavy (non-hydrogen) atoms. The van der Waals surface area contributed by atoms with Crippen LogP contribution in [-0.2, 0) is 6.61 Å². The van der Waals surface area contributed by atoms with Gasteiger partial charge in [-0.2, -0.15) is 0 Å². The van der Waals surface area contributed by atoms with Crippen LogP contribution in [0.5, 0.6) is 11.5 Å². The number of rotatable bonds is 3. The predicted octanol–water partition coefficient (Wildman–Crippen LogP) is 3.25. The molecule has 0 saturated heterocycles. The second-order valence-corrected chi connectivity index (χ2v) is 3.44. The van der Waals surface area contributed by atoms with Crippen LogP contribution >= 0.6 is 0 Å². The second kappa shape index (κ2) is 4.93. The molecule has 2 rings (SSSR count). The molecule has 0 aliphatic carbocycles. The van der Waals surface area contributed by atoms with Gasteiger partial charge in [-0.3, -0.25) is 0 Å². The van der Waals surface area contributed by atoms with E-state index in [2.05, 4.69) is 0 Å². The smallest absolute Gasteiger partial charge is 0.165 e. The van der Waals surface area contributed by atoms with Crippen LogP contribution in [0.4, 0.5) is 8.78 Å². The van der Waals surface area contributed by atoms with Crippen molar-refractivity contribution in [1.29, 1.82) is 0 Å². The average Bonchev–Trinajstić information content (AvgIpc) is 2.34. The fraction of sp³-hybridized carbons (Fsp3) is 0.0769. The van der Waals surface area contributed by atoms with E-state index in [4.69, 9.17) is 9.84 Å². The minimum atomic E-state index is -0.654. The molecule has 0 aliphatic rings. The molecule has 0 amide bonds. The van der Waals surface area contributed by atoms with Crippen LogP contribution in [0.15, 0.2) is 42.5 Å². The molecule has 0 unspecified atom stereocenters. The molecule has 0 spiro atoms. The van der Waals surface area contributed by atoms with Gasteiger partial charge in [-0.15, -0.1) is 0 Å². The zero-order valence-electron chi connectivity index (χ0n) is 8.86. The van der Waals surface area contributed by atoms with Crippen molar-refractivity contribution in [3.05, 3.63) is 59.7 Å². The number of benzene rings is 2. The Morgan fingerprint density at radius 1 is 1.00 bits per heavy atom. The molecule has 2 aromatic rings. The lowest BCUT2D eigenvalue weighted by Gasteiger charge is -2.10. The Labute approximate surface area is 97.1 Å². The van der Waals surface area contributed by atoms with Crippen molar-refractivity contribution in [3.8, 4) is 11.5 Å². The molecule has 0 aromatic heterocycles. The molecule has 0 fully saturated rings. The summed E-state index contributed by atoms with van der Waals surface area (Å²) < 4.78 is 31.5. The molecule has 2 aromatic carbocycles. The van der Waals surface area contributed by atoms with Gasteiger partial charge in [-0.25, -0.2) is 8.78 Å². The largest absolute Gasteiger partial charge is 0.454 e. The van der Waals surface area contributed by atoms with Crippen LogP contribution in [0.3, 0.4) is 0 Å².